The molecule has 6 nitrogen and oxygen atoms in total. The van der Waals surface area contributed by atoms with Crippen LogP contribution >= 0.6 is 0 Å². The molecule has 0 N–H and O–H groups in total. The Bertz CT molecular complexity index is 937. The van der Waals surface area contributed by atoms with E-state index in [1.54, 1.807) is 0 Å². The molecule has 2 aromatic rings. The van der Waals surface area contributed by atoms with E-state index in [1.165, 1.54) is 55.5 Å². The number of carbonyl (C=O) groups excluding carboxylic acids is 2. The Labute approximate surface area is 161 Å². The molecule has 9 heteroatoms. The average Bonchev–Trinajstić information content (AvgIpc) is 2.60. The van der Waals surface area contributed by atoms with E-state index in [1.807, 2.05) is 0 Å². The lowest BCUT2D eigenvalue weighted by Gasteiger charge is -2.13. The van der Waals surface area contributed by atoms with Gasteiger partial charge in [-0.15, -0.1) is 0 Å². The van der Waals surface area contributed by atoms with Gasteiger partial charge in [0.1, 0.15) is 5.75 Å². The van der Waals surface area contributed by atoms with E-state index >= 15 is 0 Å². The van der Waals surface area contributed by atoms with Crippen LogP contribution < -0.4 is 4.74 Å². The summed E-state index contributed by atoms with van der Waals surface area (Å²) < 4.78 is 56.2. The molecule has 0 amide bonds. The maximum atomic E-state index is 12.3. The SMILES string of the molecule is C[C@@H](OC(=O)c1ccc(CS(C)(=O)=O)cc1)C(=O)c1ccc(OC(F)F)cc1. The molecule has 0 radical (unpaired) electrons. The van der Waals surface area contributed by atoms with Crippen LogP contribution in [0.2, 0.25) is 0 Å². The number of ether oxygens (including phenoxy) is 2. The van der Waals surface area contributed by atoms with Crippen molar-refractivity contribution in [1.82, 2.24) is 0 Å². The van der Waals surface area contributed by atoms with Gasteiger partial charge < -0.3 is 9.47 Å². The molecule has 1 atom stereocenters. The molecular formula is C19H18F2O6S. The number of Topliss-reactive ketones (excluding diaryl/α,β-unsaturated/α-hetero) is 1. The Morgan fingerprint density at radius 3 is 2.00 bits per heavy atom. The summed E-state index contributed by atoms with van der Waals surface area (Å²) in [7, 11) is -3.19. The molecule has 2 aromatic carbocycles. The van der Waals surface area contributed by atoms with Crippen LogP contribution in [0.1, 0.15) is 33.2 Å². The highest BCUT2D eigenvalue weighted by atomic mass is 32.2. The number of esters is 1. The number of hydrogen-bond acceptors (Lipinski definition) is 6. The van der Waals surface area contributed by atoms with E-state index in [-0.39, 0.29) is 22.6 Å². The molecule has 0 aliphatic rings. The summed E-state index contributed by atoms with van der Waals surface area (Å²) in [5, 5.41) is 0. The first-order chi connectivity index (χ1) is 13.0. The third-order valence-electron chi connectivity index (χ3n) is 3.64. The third kappa shape index (κ3) is 6.41. The highest BCUT2D eigenvalue weighted by Gasteiger charge is 2.21. The van der Waals surface area contributed by atoms with Crippen molar-refractivity contribution in [3.05, 3.63) is 65.2 Å². The molecule has 150 valence electrons. The molecule has 0 saturated carbocycles. The van der Waals surface area contributed by atoms with E-state index in [0.717, 1.165) is 6.26 Å². The van der Waals surface area contributed by atoms with Gasteiger partial charge in [-0.05, 0) is 48.9 Å². The normalized spacial score (nSPS) is 12.5. The second-order valence-corrected chi connectivity index (χ2v) is 8.22. The van der Waals surface area contributed by atoms with Gasteiger partial charge in [0.2, 0.25) is 5.78 Å². The Morgan fingerprint density at radius 2 is 1.50 bits per heavy atom. The monoisotopic (exact) mass is 412 g/mol. The quantitative estimate of drug-likeness (QED) is 0.489. The van der Waals surface area contributed by atoms with Crippen LogP contribution in [0.25, 0.3) is 0 Å². The van der Waals surface area contributed by atoms with Gasteiger partial charge in [0.05, 0.1) is 11.3 Å². The van der Waals surface area contributed by atoms with Crippen molar-refractivity contribution in [3.8, 4) is 5.75 Å². The van der Waals surface area contributed by atoms with E-state index in [4.69, 9.17) is 4.74 Å². The fourth-order valence-electron chi connectivity index (χ4n) is 2.36. The lowest BCUT2D eigenvalue weighted by atomic mass is 10.1. The topological polar surface area (TPSA) is 86.7 Å². The summed E-state index contributed by atoms with van der Waals surface area (Å²) in [5.41, 5.74) is 0.859. The van der Waals surface area contributed by atoms with E-state index in [0.29, 0.717) is 5.56 Å². The maximum Gasteiger partial charge on any atom is 0.387 e. The Kier molecular flexibility index (Phi) is 6.85. The first-order valence-electron chi connectivity index (χ1n) is 8.12. The van der Waals surface area contributed by atoms with Crippen LogP contribution in [0.5, 0.6) is 5.75 Å². The number of carbonyl (C=O) groups is 2. The second kappa shape index (κ2) is 8.92. The summed E-state index contributed by atoms with van der Waals surface area (Å²) in [6.45, 7) is -1.58. The molecule has 0 fully saturated rings. The lowest BCUT2D eigenvalue weighted by Crippen LogP contribution is -2.24. The minimum Gasteiger partial charge on any atom is -0.451 e. The van der Waals surface area contributed by atoms with Gasteiger partial charge in [-0.2, -0.15) is 8.78 Å². The van der Waals surface area contributed by atoms with Crippen LogP contribution in [0.3, 0.4) is 0 Å². The Balaban J connectivity index is 2.00. The average molecular weight is 412 g/mol. The summed E-state index contributed by atoms with van der Waals surface area (Å²) in [4.78, 5) is 24.5. The number of benzene rings is 2. The van der Waals surface area contributed by atoms with Crippen molar-refractivity contribution < 1.29 is 36.3 Å². The number of alkyl halides is 2. The summed E-state index contributed by atoms with van der Waals surface area (Å²) >= 11 is 0. The van der Waals surface area contributed by atoms with Crippen LogP contribution in [-0.2, 0) is 20.3 Å². The number of ketones is 1. The van der Waals surface area contributed by atoms with E-state index in [9.17, 15) is 26.8 Å². The van der Waals surface area contributed by atoms with E-state index in [2.05, 4.69) is 4.74 Å². The predicted molar refractivity (Wildman–Crippen MR) is 97.3 cm³/mol. The van der Waals surface area contributed by atoms with Gasteiger partial charge in [0.15, 0.2) is 15.9 Å². The van der Waals surface area contributed by atoms with Gasteiger partial charge >= 0.3 is 12.6 Å². The molecule has 0 saturated heterocycles. The van der Waals surface area contributed by atoms with Crippen LogP contribution in [-0.4, -0.2) is 39.1 Å². The Morgan fingerprint density at radius 1 is 0.964 bits per heavy atom. The Hall–Kier alpha value is -2.81. The fourth-order valence-corrected chi connectivity index (χ4v) is 3.16. The van der Waals surface area contributed by atoms with Crippen molar-refractivity contribution in [3.63, 3.8) is 0 Å². The number of halogens is 2. The first-order valence-corrected chi connectivity index (χ1v) is 10.2. The highest BCUT2D eigenvalue weighted by molar-refractivity contribution is 7.89. The number of rotatable bonds is 8. The summed E-state index contributed by atoms with van der Waals surface area (Å²) in [5.74, 6) is -1.50. The molecular weight excluding hydrogens is 394 g/mol. The molecule has 0 bridgehead atoms. The van der Waals surface area contributed by atoms with Crippen molar-refractivity contribution in [2.75, 3.05) is 6.26 Å². The van der Waals surface area contributed by atoms with Gasteiger partial charge in [0.25, 0.3) is 0 Å². The molecule has 0 aliphatic carbocycles. The van der Waals surface area contributed by atoms with Gasteiger partial charge in [-0.3, -0.25) is 4.79 Å². The molecule has 0 aliphatic heterocycles. The highest BCUT2D eigenvalue weighted by Crippen LogP contribution is 2.17. The minimum atomic E-state index is -3.19. The number of sulfone groups is 1. The van der Waals surface area contributed by atoms with Crippen LogP contribution in [0, 0.1) is 0 Å². The minimum absolute atomic E-state index is 0.0922. The zero-order chi connectivity index (χ0) is 20.9. The first kappa shape index (κ1) is 21.5. The molecule has 2 rings (SSSR count). The van der Waals surface area contributed by atoms with Crippen LogP contribution in [0.4, 0.5) is 8.78 Å². The molecule has 0 unspecified atom stereocenters. The summed E-state index contributed by atoms with van der Waals surface area (Å²) in [6.07, 6.45) is -0.000642. The molecule has 0 spiro atoms. The smallest absolute Gasteiger partial charge is 0.387 e. The molecule has 28 heavy (non-hydrogen) atoms. The maximum absolute atomic E-state index is 12.3. The largest absolute Gasteiger partial charge is 0.451 e. The van der Waals surface area contributed by atoms with Crippen molar-refractivity contribution in [1.29, 1.82) is 0 Å². The lowest BCUT2D eigenvalue weighted by molar-refractivity contribution is -0.0498. The predicted octanol–water partition coefficient (Wildman–Crippen LogP) is 3.26. The second-order valence-electron chi connectivity index (χ2n) is 6.08. The number of hydrogen-bond donors (Lipinski definition) is 0. The standard InChI is InChI=1S/C19H18F2O6S/c1-12(17(22)14-7-9-16(10-8-14)27-19(20)21)26-18(23)15-5-3-13(4-6-15)11-28(2,24)25/h3-10,12,19H,11H2,1-2H3/t12-/m1/s1. The third-order valence-corrected chi connectivity index (χ3v) is 4.49. The fraction of sp³-hybridized carbons (Fsp3) is 0.263. The summed E-state index contributed by atoms with van der Waals surface area (Å²) in [6, 6.07) is 10.8. The van der Waals surface area contributed by atoms with Gasteiger partial charge in [-0.25, -0.2) is 13.2 Å². The van der Waals surface area contributed by atoms with Gasteiger partial charge in [-0.1, -0.05) is 12.1 Å². The van der Waals surface area contributed by atoms with E-state index < -0.39 is 34.3 Å². The van der Waals surface area contributed by atoms with Crippen LogP contribution in [0.15, 0.2) is 48.5 Å². The van der Waals surface area contributed by atoms with Crippen molar-refractivity contribution in [2.45, 2.75) is 25.4 Å². The zero-order valence-electron chi connectivity index (χ0n) is 15.1. The molecule has 0 heterocycles. The van der Waals surface area contributed by atoms with Crippen molar-refractivity contribution >= 4 is 21.6 Å². The van der Waals surface area contributed by atoms with Gasteiger partial charge in [0, 0.05) is 11.8 Å². The van der Waals surface area contributed by atoms with Crippen molar-refractivity contribution in [2.24, 2.45) is 0 Å². The zero-order valence-corrected chi connectivity index (χ0v) is 15.9. The molecule has 0 aromatic heterocycles.